The Hall–Kier alpha value is -1.62. The van der Waals surface area contributed by atoms with Crippen molar-refractivity contribution in [3.63, 3.8) is 0 Å². The number of ether oxygens (including phenoxy) is 4. The molecule has 0 radical (unpaired) electrons. The van der Waals surface area contributed by atoms with Gasteiger partial charge in [0.25, 0.3) is 0 Å². The number of rotatable bonds is 12. The van der Waals surface area contributed by atoms with Crippen LogP contribution < -0.4 is 22.9 Å². The van der Waals surface area contributed by atoms with Gasteiger partial charge in [-0.1, -0.05) is 0 Å². The molecule has 8 N–H and O–H groups in total. The highest BCUT2D eigenvalue weighted by Gasteiger charge is 2.32. The third-order valence-electron chi connectivity index (χ3n) is 3.64. The summed E-state index contributed by atoms with van der Waals surface area (Å²) in [5.41, 5.74) is 21.1. The predicted octanol–water partition coefficient (Wildman–Crippen LogP) is -1.13. The van der Waals surface area contributed by atoms with Crippen molar-refractivity contribution < 1.29 is 18.9 Å². The van der Waals surface area contributed by atoms with E-state index in [0.717, 1.165) is 25.7 Å². The minimum atomic E-state index is -0.225. The van der Waals surface area contributed by atoms with Gasteiger partial charge in [-0.2, -0.15) is 0 Å². The molecule has 1 heterocycles. The zero-order valence-corrected chi connectivity index (χ0v) is 14.9. The number of methoxy groups -OCH3 is 1. The lowest BCUT2D eigenvalue weighted by molar-refractivity contribution is -0.232. The highest BCUT2D eigenvalue weighted by atomic mass is 16.7. The summed E-state index contributed by atoms with van der Waals surface area (Å²) in [5, 5.41) is 0. The van der Waals surface area contributed by atoms with Gasteiger partial charge in [-0.05, 0) is 19.3 Å². The fourth-order valence-electron chi connectivity index (χ4n) is 2.43. The van der Waals surface area contributed by atoms with Crippen LogP contribution in [0.15, 0.2) is 9.98 Å². The second-order valence-electron chi connectivity index (χ2n) is 5.72. The van der Waals surface area contributed by atoms with Crippen LogP contribution in [0.1, 0.15) is 25.7 Å². The molecule has 1 saturated heterocycles. The molecule has 0 aromatic rings. The number of nitrogens with zero attached hydrogens (tertiary/aromatic N) is 2. The van der Waals surface area contributed by atoms with Crippen LogP contribution in [0.3, 0.4) is 0 Å². The van der Waals surface area contributed by atoms with Gasteiger partial charge in [0.15, 0.2) is 18.2 Å². The first-order chi connectivity index (χ1) is 12.0. The molecule has 0 amide bonds. The fourth-order valence-corrected chi connectivity index (χ4v) is 2.43. The molecule has 0 bridgehead atoms. The van der Waals surface area contributed by atoms with Crippen LogP contribution >= 0.6 is 0 Å². The van der Waals surface area contributed by atoms with Crippen molar-refractivity contribution in [1.29, 1.82) is 0 Å². The highest BCUT2D eigenvalue weighted by molar-refractivity contribution is 5.75. The molecule has 1 aliphatic heterocycles. The molecule has 1 rings (SSSR count). The topological polar surface area (TPSA) is 166 Å². The second kappa shape index (κ2) is 12.7. The van der Waals surface area contributed by atoms with Crippen LogP contribution in [-0.2, 0) is 18.9 Å². The average Bonchev–Trinajstić information content (AvgIpc) is 2.57. The van der Waals surface area contributed by atoms with E-state index < -0.39 is 0 Å². The van der Waals surface area contributed by atoms with E-state index in [1.54, 1.807) is 7.11 Å². The normalized spacial score (nSPS) is 23.2. The van der Waals surface area contributed by atoms with E-state index in [9.17, 15) is 0 Å². The second-order valence-corrected chi connectivity index (χ2v) is 5.72. The zero-order chi connectivity index (χ0) is 18.5. The lowest BCUT2D eigenvalue weighted by Gasteiger charge is -2.35. The molecular formula is C15H32N6O4. The molecule has 10 heteroatoms. The fraction of sp³-hybridized carbons (Fsp3) is 0.867. The summed E-state index contributed by atoms with van der Waals surface area (Å²) in [6, 6.07) is 0. The average molecular weight is 360 g/mol. The SMILES string of the molecule is COC1CCC(OCCCN=C(N)N)C(COCCCN=C(N)N)O1. The van der Waals surface area contributed by atoms with Crippen molar-refractivity contribution in [3.05, 3.63) is 0 Å². The van der Waals surface area contributed by atoms with Crippen molar-refractivity contribution in [3.8, 4) is 0 Å². The third kappa shape index (κ3) is 10.1. The number of hydrogen-bond acceptors (Lipinski definition) is 6. The predicted molar refractivity (Wildman–Crippen MR) is 96.1 cm³/mol. The van der Waals surface area contributed by atoms with Crippen LogP contribution in [0.2, 0.25) is 0 Å². The Morgan fingerprint density at radius 3 is 2.24 bits per heavy atom. The van der Waals surface area contributed by atoms with E-state index >= 15 is 0 Å². The van der Waals surface area contributed by atoms with Crippen LogP contribution in [0.25, 0.3) is 0 Å². The van der Waals surface area contributed by atoms with Crippen molar-refractivity contribution >= 4 is 11.9 Å². The van der Waals surface area contributed by atoms with Crippen molar-refractivity contribution in [2.24, 2.45) is 32.9 Å². The first-order valence-corrected chi connectivity index (χ1v) is 8.51. The minimum Gasteiger partial charge on any atom is -0.379 e. The highest BCUT2D eigenvalue weighted by Crippen LogP contribution is 2.23. The first-order valence-electron chi connectivity index (χ1n) is 8.51. The number of guanidine groups is 2. The number of hydrogen-bond donors (Lipinski definition) is 4. The molecule has 25 heavy (non-hydrogen) atoms. The van der Waals surface area contributed by atoms with Gasteiger partial charge in [0.2, 0.25) is 0 Å². The summed E-state index contributed by atoms with van der Waals surface area (Å²) in [7, 11) is 1.63. The summed E-state index contributed by atoms with van der Waals surface area (Å²) in [5.74, 6) is 0.184. The Kier molecular flexibility index (Phi) is 10.9. The van der Waals surface area contributed by atoms with Gasteiger partial charge >= 0.3 is 0 Å². The van der Waals surface area contributed by atoms with Gasteiger partial charge in [-0.3, -0.25) is 9.98 Å². The van der Waals surface area contributed by atoms with Crippen LogP contribution in [-0.4, -0.2) is 70.4 Å². The Morgan fingerprint density at radius 2 is 1.64 bits per heavy atom. The summed E-state index contributed by atoms with van der Waals surface area (Å²) in [6.07, 6.45) is 2.68. The molecule has 146 valence electrons. The lowest BCUT2D eigenvalue weighted by atomic mass is 10.1. The summed E-state index contributed by atoms with van der Waals surface area (Å²) < 4.78 is 22.8. The van der Waals surface area contributed by atoms with Gasteiger partial charge in [0, 0.05) is 39.8 Å². The monoisotopic (exact) mass is 360 g/mol. The quantitative estimate of drug-likeness (QED) is 0.193. The van der Waals surface area contributed by atoms with Gasteiger partial charge < -0.3 is 41.9 Å². The van der Waals surface area contributed by atoms with E-state index in [2.05, 4.69) is 9.98 Å². The molecule has 10 nitrogen and oxygen atoms in total. The van der Waals surface area contributed by atoms with E-state index in [1.807, 2.05) is 0 Å². The molecule has 1 fully saturated rings. The van der Waals surface area contributed by atoms with Gasteiger partial charge in [-0.25, -0.2) is 0 Å². The third-order valence-corrected chi connectivity index (χ3v) is 3.64. The Morgan fingerprint density at radius 1 is 1.00 bits per heavy atom. The molecule has 3 atom stereocenters. The van der Waals surface area contributed by atoms with E-state index in [1.165, 1.54) is 0 Å². The zero-order valence-electron chi connectivity index (χ0n) is 14.9. The molecular weight excluding hydrogens is 328 g/mol. The first kappa shape index (κ1) is 21.4. The van der Waals surface area contributed by atoms with Crippen molar-refractivity contribution in [1.82, 2.24) is 0 Å². The molecule has 0 aromatic carbocycles. The smallest absolute Gasteiger partial charge is 0.185 e. The van der Waals surface area contributed by atoms with E-state index in [-0.39, 0.29) is 30.4 Å². The Labute approximate surface area is 148 Å². The lowest BCUT2D eigenvalue weighted by Crippen LogP contribution is -2.44. The number of aliphatic imine (C=N–C) groups is 2. The number of nitrogens with two attached hydrogens (primary N) is 4. The van der Waals surface area contributed by atoms with Crippen molar-refractivity contribution in [2.75, 3.05) is 40.0 Å². The summed E-state index contributed by atoms with van der Waals surface area (Å²) >= 11 is 0. The molecule has 0 aromatic heterocycles. The van der Waals surface area contributed by atoms with E-state index in [0.29, 0.717) is 32.9 Å². The molecule has 0 spiro atoms. The minimum absolute atomic E-state index is 0.0386. The molecule has 1 aliphatic rings. The maximum absolute atomic E-state index is 5.91. The van der Waals surface area contributed by atoms with Crippen LogP contribution in [0.5, 0.6) is 0 Å². The summed E-state index contributed by atoms with van der Waals surface area (Å²) in [4.78, 5) is 7.84. The van der Waals surface area contributed by atoms with E-state index in [4.69, 9.17) is 41.9 Å². The summed E-state index contributed by atoms with van der Waals surface area (Å²) in [6.45, 7) is 2.62. The Bertz CT molecular complexity index is 413. The van der Waals surface area contributed by atoms with Gasteiger partial charge in [0.1, 0.15) is 6.10 Å². The largest absolute Gasteiger partial charge is 0.379 e. The van der Waals surface area contributed by atoms with Crippen LogP contribution in [0.4, 0.5) is 0 Å². The van der Waals surface area contributed by atoms with Gasteiger partial charge in [0.05, 0.1) is 12.7 Å². The molecule has 3 unspecified atom stereocenters. The maximum Gasteiger partial charge on any atom is 0.185 e. The Balaban J connectivity index is 2.30. The molecule has 0 saturated carbocycles. The van der Waals surface area contributed by atoms with Gasteiger partial charge in [-0.15, -0.1) is 0 Å². The molecule has 0 aliphatic carbocycles. The van der Waals surface area contributed by atoms with Crippen LogP contribution in [0, 0.1) is 0 Å². The maximum atomic E-state index is 5.91. The standard InChI is InChI=1S/C15H32N6O4/c1-22-13-5-4-11(24-9-3-7-21-15(18)19)12(25-13)10-23-8-2-6-20-14(16)17/h11-13H,2-10H2,1H3,(H4,16,17,20)(H4,18,19,21). The van der Waals surface area contributed by atoms with Crippen molar-refractivity contribution in [2.45, 2.75) is 44.2 Å².